The number of anilines is 3. The molecule has 0 aliphatic rings. The fraction of sp³-hybridized carbons (Fsp3) is 0.0476. The van der Waals surface area contributed by atoms with Crippen molar-refractivity contribution in [2.75, 3.05) is 16.0 Å². The number of rotatable bonds is 6. The van der Waals surface area contributed by atoms with E-state index in [4.69, 9.17) is 5.73 Å². The van der Waals surface area contributed by atoms with E-state index in [9.17, 15) is 14.4 Å². The monoisotopic (exact) mass is 374 g/mol. The molecule has 0 spiro atoms. The Hall–Kier alpha value is -4.00. The van der Waals surface area contributed by atoms with Crippen molar-refractivity contribution in [3.05, 3.63) is 84.2 Å². The van der Waals surface area contributed by atoms with Crippen molar-refractivity contribution in [1.82, 2.24) is 4.98 Å². The van der Waals surface area contributed by atoms with E-state index in [0.717, 1.165) is 5.56 Å². The first kappa shape index (κ1) is 18.8. The maximum absolute atomic E-state index is 12.4. The van der Waals surface area contributed by atoms with E-state index >= 15 is 0 Å². The third-order valence-electron chi connectivity index (χ3n) is 4.09. The van der Waals surface area contributed by atoms with Gasteiger partial charge < -0.3 is 16.0 Å². The second-order valence-corrected chi connectivity index (χ2v) is 5.99. The molecule has 140 valence electrons. The Kier molecular flexibility index (Phi) is 5.76. The molecule has 0 saturated heterocycles. The molecule has 7 heteroatoms. The second-order valence-electron chi connectivity index (χ2n) is 5.99. The highest BCUT2D eigenvalue weighted by molar-refractivity contribution is 6.30. The second kappa shape index (κ2) is 8.59. The first-order chi connectivity index (χ1) is 13.6. The molecule has 0 aliphatic carbocycles. The molecule has 3 N–H and O–H groups in total. The number of pyridine rings is 1. The van der Waals surface area contributed by atoms with Crippen LogP contribution in [0.3, 0.4) is 0 Å². The summed E-state index contributed by atoms with van der Waals surface area (Å²) >= 11 is 0. The lowest BCUT2D eigenvalue weighted by atomic mass is 10.1. The summed E-state index contributed by atoms with van der Waals surface area (Å²) in [6, 6.07) is 17.1. The topological polar surface area (TPSA) is 105 Å². The van der Waals surface area contributed by atoms with E-state index in [0.29, 0.717) is 22.6 Å². The van der Waals surface area contributed by atoms with Crippen LogP contribution >= 0.6 is 0 Å². The number of amides is 2. The SMILES string of the molecule is Nc1ccccc1NC(=O)c1ccc(CN(C(=O)C=O)c2cccnc2)cc1. The third-order valence-corrected chi connectivity index (χ3v) is 4.09. The molecule has 0 saturated carbocycles. The number of nitrogens with one attached hydrogen (secondary N) is 1. The van der Waals surface area contributed by atoms with Crippen molar-refractivity contribution in [2.24, 2.45) is 0 Å². The minimum Gasteiger partial charge on any atom is -0.397 e. The number of nitrogens with two attached hydrogens (primary N) is 1. The van der Waals surface area contributed by atoms with E-state index < -0.39 is 5.91 Å². The number of aldehydes is 1. The van der Waals surface area contributed by atoms with Gasteiger partial charge in [0.2, 0.25) is 6.29 Å². The molecule has 2 aromatic carbocycles. The Bertz CT molecular complexity index is 988. The number of nitrogens with zero attached hydrogens (tertiary/aromatic N) is 2. The van der Waals surface area contributed by atoms with Gasteiger partial charge in [-0.25, -0.2) is 0 Å². The Labute approximate surface area is 161 Å². The zero-order valence-electron chi connectivity index (χ0n) is 14.9. The molecule has 0 unspecified atom stereocenters. The summed E-state index contributed by atoms with van der Waals surface area (Å²) in [5.41, 5.74) is 8.57. The molecule has 0 aliphatic heterocycles. The van der Waals surface area contributed by atoms with Crippen LogP contribution in [0.5, 0.6) is 0 Å². The van der Waals surface area contributed by atoms with Crippen molar-refractivity contribution in [3.8, 4) is 0 Å². The standard InChI is InChI=1S/C21H18N4O3/c22-18-5-1-2-6-19(18)24-21(28)16-9-7-15(8-10-16)13-25(20(27)14-26)17-4-3-11-23-12-17/h1-12,14H,13,22H2,(H,24,28). The highest BCUT2D eigenvalue weighted by atomic mass is 16.2. The summed E-state index contributed by atoms with van der Waals surface area (Å²) in [6.45, 7) is 0.177. The van der Waals surface area contributed by atoms with Crippen LogP contribution in [0.4, 0.5) is 17.1 Å². The normalized spacial score (nSPS) is 10.1. The van der Waals surface area contributed by atoms with Gasteiger partial charge in [0.15, 0.2) is 0 Å². The molecular weight excluding hydrogens is 356 g/mol. The van der Waals surface area contributed by atoms with Crippen LogP contribution in [-0.4, -0.2) is 23.1 Å². The minimum atomic E-state index is -0.672. The summed E-state index contributed by atoms with van der Waals surface area (Å²) in [6.07, 6.45) is 3.35. The van der Waals surface area contributed by atoms with Gasteiger partial charge in [-0.05, 0) is 42.0 Å². The molecular formula is C21H18N4O3. The van der Waals surface area contributed by atoms with E-state index in [1.54, 1.807) is 66.9 Å². The molecule has 0 bridgehead atoms. The number of benzene rings is 2. The Balaban J connectivity index is 1.74. The Morgan fingerprint density at radius 2 is 1.79 bits per heavy atom. The molecule has 2 amide bonds. The van der Waals surface area contributed by atoms with Gasteiger partial charge in [-0.2, -0.15) is 0 Å². The van der Waals surface area contributed by atoms with Crippen LogP contribution in [0, 0.1) is 0 Å². The fourth-order valence-electron chi connectivity index (χ4n) is 2.62. The lowest BCUT2D eigenvalue weighted by Gasteiger charge is -2.20. The van der Waals surface area contributed by atoms with Gasteiger partial charge in [0.05, 0.1) is 29.8 Å². The van der Waals surface area contributed by atoms with Gasteiger partial charge in [0.25, 0.3) is 11.8 Å². The number of carbonyl (C=O) groups excluding carboxylic acids is 3. The largest absolute Gasteiger partial charge is 0.397 e. The van der Waals surface area contributed by atoms with E-state index in [-0.39, 0.29) is 18.7 Å². The molecule has 0 fully saturated rings. The van der Waals surface area contributed by atoms with Gasteiger partial charge in [-0.3, -0.25) is 19.4 Å². The van der Waals surface area contributed by atoms with Crippen LogP contribution in [0.1, 0.15) is 15.9 Å². The molecule has 0 atom stereocenters. The van der Waals surface area contributed by atoms with Crippen molar-refractivity contribution in [1.29, 1.82) is 0 Å². The minimum absolute atomic E-state index is 0.177. The molecule has 0 radical (unpaired) electrons. The lowest BCUT2D eigenvalue weighted by molar-refractivity contribution is -0.129. The van der Waals surface area contributed by atoms with Gasteiger partial charge in [0.1, 0.15) is 0 Å². The predicted molar refractivity (Wildman–Crippen MR) is 107 cm³/mol. The molecule has 1 heterocycles. The Morgan fingerprint density at radius 3 is 2.43 bits per heavy atom. The predicted octanol–water partition coefficient (Wildman–Crippen LogP) is 2.65. The lowest BCUT2D eigenvalue weighted by Crippen LogP contribution is -2.31. The summed E-state index contributed by atoms with van der Waals surface area (Å²) < 4.78 is 0. The smallest absolute Gasteiger partial charge is 0.291 e. The van der Waals surface area contributed by atoms with Gasteiger partial charge in [-0.15, -0.1) is 0 Å². The fourth-order valence-corrected chi connectivity index (χ4v) is 2.62. The molecule has 28 heavy (non-hydrogen) atoms. The number of nitrogen functional groups attached to an aromatic ring is 1. The average Bonchev–Trinajstić information content (AvgIpc) is 2.74. The maximum Gasteiger partial charge on any atom is 0.291 e. The van der Waals surface area contributed by atoms with Crippen molar-refractivity contribution in [2.45, 2.75) is 6.54 Å². The number of carbonyl (C=O) groups is 3. The first-order valence-corrected chi connectivity index (χ1v) is 8.50. The van der Waals surface area contributed by atoms with Crippen molar-refractivity contribution >= 4 is 35.2 Å². The Morgan fingerprint density at radius 1 is 1.04 bits per heavy atom. The number of aromatic nitrogens is 1. The van der Waals surface area contributed by atoms with Gasteiger partial charge >= 0.3 is 0 Å². The molecule has 7 nitrogen and oxygen atoms in total. The maximum atomic E-state index is 12.4. The number of para-hydroxylation sites is 2. The highest BCUT2D eigenvalue weighted by Crippen LogP contribution is 2.19. The molecule has 3 aromatic rings. The summed E-state index contributed by atoms with van der Waals surface area (Å²) in [5.74, 6) is -0.966. The quantitative estimate of drug-likeness (QED) is 0.392. The first-order valence-electron chi connectivity index (χ1n) is 8.50. The molecule has 3 rings (SSSR count). The van der Waals surface area contributed by atoms with Crippen LogP contribution in [-0.2, 0) is 16.1 Å². The van der Waals surface area contributed by atoms with E-state index in [1.807, 2.05) is 0 Å². The van der Waals surface area contributed by atoms with Gasteiger partial charge in [0, 0.05) is 11.8 Å². The zero-order valence-corrected chi connectivity index (χ0v) is 14.9. The van der Waals surface area contributed by atoms with Crippen LogP contribution < -0.4 is 16.0 Å². The third kappa shape index (κ3) is 4.39. The van der Waals surface area contributed by atoms with Crippen LogP contribution in [0.2, 0.25) is 0 Å². The zero-order chi connectivity index (χ0) is 19.9. The number of hydrogen-bond donors (Lipinski definition) is 2. The summed E-state index contributed by atoms with van der Waals surface area (Å²) in [5, 5.41) is 2.76. The molecule has 1 aromatic heterocycles. The van der Waals surface area contributed by atoms with E-state index in [1.165, 1.54) is 11.1 Å². The van der Waals surface area contributed by atoms with Crippen molar-refractivity contribution in [3.63, 3.8) is 0 Å². The summed E-state index contributed by atoms with van der Waals surface area (Å²) in [7, 11) is 0. The van der Waals surface area contributed by atoms with Gasteiger partial charge in [-0.1, -0.05) is 24.3 Å². The van der Waals surface area contributed by atoms with Crippen LogP contribution in [0.15, 0.2) is 73.1 Å². The number of hydrogen-bond acceptors (Lipinski definition) is 5. The van der Waals surface area contributed by atoms with Crippen LogP contribution in [0.25, 0.3) is 0 Å². The average molecular weight is 374 g/mol. The van der Waals surface area contributed by atoms with Crippen molar-refractivity contribution < 1.29 is 14.4 Å². The highest BCUT2D eigenvalue weighted by Gasteiger charge is 2.16. The van der Waals surface area contributed by atoms with E-state index in [2.05, 4.69) is 10.3 Å². The summed E-state index contributed by atoms with van der Waals surface area (Å²) in [4.78, 5) is 40.6.